The molecule has 0 saturated carbocycles. The van der Waals surface area contributed by atoms with Gasteiger partial charge in [0.05, 0.1) is 10.4 Å². The highest BCUT2D eigenvalue weighted by molar-refractivity contribution is 7.90. The van der Waals surface area contributed by atoms with Crippen LogP contribution in [0.25, 0.3) is 10.9 Å². The number of benzene rings is 2. The Morgan fingerprint density at radius 1 is 1.03 bits per heavy atom. The molecule has 1 aromatic heterocycles. The zero-order chi connectivity index (χ0) is 28.3. The Balaban J connectivity index is 2.12. The number of aromatic nitrogens is 1. The molecule has 9 nitrogen and oxygen atoms in total. The monoisotopic (exact) mass is 574 g/mol. The highest BCUT2D eigenvalue weighted by atomic mass is 32.2. The number of esters is 1. The summed E-state index contributed by atoms with van der Waals surface area (Å²) in [6, 6.07) is 8.60. The minimum atomic E-state index is -6.04. The van der Waals surface area contributed by atoms with Crippen molar-refractivity contribution in [3.05, 3.63) is 59.3 Å². The standard InChI is InChI=1S/C24H25F3N2O7S2/c1-14-19-18(36-38(33,34)24(25,26)27)11-10-17-20(19)16(12-13-28-14)21(22(30)35-23(2,3)4)29(17)37(31,32)15-8-6-5-7-9-15/h5-11,14,28H,12-13H2,1-4H3. The smallest absolute Gasteiger partial charge is 0.455 e. The van der Waals surface area contributed by atoms with Crippen molar-refractivity contribution in [3.63, 3.8) is 0 Å². The molecule has 0 bridgehead atoms. The summed E-state index contributed by atoms with van der Waals surface area (Å²) in [7, 11) is -10.5. The number of carbonyl (C=O) groups is 1. The van der Waals surface area contributed by atoms with Gasteiger partial charge in [0.25, 0.3) is 10.0 Å². The minimum absolute atomic E-state index is 0.0327. The van der Waals surface area contributed by atoms with E-state index >= 15 is 0 Å². The number of carbonyl (C=O) groups excluding carboxylic acids is 1. The predicted octanol–water partition coefficient (Wildman–Crippen LogP) is 4.27. The van der Waals surface area contributed by atoms with E-state index in [1.165, 1.54) is 24.3 Å². The minimum Gasteiger partial charge on any atom is -0.455 e. The van der Waals surface area contributed by atoms with Crippen LogP contribution in [0.15, 0.2) is 47.4 Å². The molecular formula is C24H25F3N2O7S2. The highest BCUT2D eigenvalue weighted by Crippen LogP contribution is 2.43. The van der Waals surface area contributed by atoms with Crippen LogP contribution < -0.4 is 9.50 Å². The highest BCUT2D eigenvalue weighted by Gasteiger charge is 2.49. The third-order valence-electron chi connectivity index (χ3n) is 5.81. The molecule has 0 aliphatic carbocycles. The van der Waals surface area contributed by atoms with E-state index < -0.39 is 49.0 Å². The first-order valence-electron chi connectivity index (χ1n) is 11.4. The summed E-state index contributed by atoms with van der Waals surface area (Å²) in [4.78, 5) is 13.3. The van der Waals surface area contributed by atoms with Crippen molar-refractivity contribution in [2.75, 3.05) is 6.54 Å². The lowest BCUT2D eigenvalue weighted by molar-refractivity contribution is -0.0500. The first-order chi connectivity index (χ1) is 17.5. The summed E-state index contributed by atoms with van der Waals surface area (Å²) in [5.74, 6) is -1.60. The zero-order valence-electron chi connectivity index (χ0n) is 20.8. The lowest BCUT2D eigenvalue weighted by Crippen LogP contribution is -2.29. The maximum absolute atomic E-state index is 13.9. The number of halogens is 3. The van der Waals surface area contributed by atoms with Crippen molar-refractivity contribution < 1.29 is 43.7 Å². The van der Waals surface area contributed by atoms with Gasteiger partial charge in [-0.15, -0.1) is 0 Å². The van der Waals surface area contributed by atoms with Crippen LogP contribution in [0.2, 0.25) is 0 Å². The summed E-state index contributed by atoms with van der Waals surface area (Å²) in [5.41, 5.74) is -6.91. The number of nitrogens with zero attached hydrogens (tertiary/aromatic N) is 1. The van der Waals surface area contributed by atoms with Crippen molar-refractivity contribution in [1.29, 1.82) is 0 Å². The molecule has 14 heteroatoms. The second-order valence-electron chi connectivity index (χ2n) is 9.69. The quantitative estimate of drug-likeness (QED) is 0.273. The molecule has 1 atom stereocenters. The summed E-state index contributed by atoms with van der Waals surface area (Å²) in [6.07, 6.45) is 0.0925. The van der Waals surface area contributed by atoms with Gasteiger partial charge in [-0.05, 0) is 70.5 Å². The maximum Gasteiger partial charge on any atom is 0.534 e. The molecule has 0 radical (unpaired) electrons. The van der Waals surface area contributed by atoms with Crippen molar-refractivity contribution in [2.45, 2.75) is 56.2 Å². The van der Waals surface area contributed by atoms with Crippen LogP contribution in [-0.2, 0) is 31.3 Å². The lowest BCUT2D eigenvalue weighted by Gasteiger charge is -2.21. The second kappa shape index (κ2) is 9.27. The van der Waals surface area contributed by atoms with E-state index in [1.807, 2.05) is 0 Å². The molecule has 1 aliphatic heterocycles. The molecule has 2 aromatic carbocycles. The molecule has 1 unspecified atom stereocenters. The van der Waals surface area contributed by atoms with E-state index in [2.05, 4.69) is 9.50 Å². The van der Waals surface area contributed by atoms with E-state index in [0.29, 0.717) is 0 Å². The van der Waals surface area contributed by atoms with E-state index in [4.69, 9.17) is 4.74 Å². The summed E-state index contributed by atoms with van der Waals surface area (Å²) in [6.45, 7) is 6.56. The second-order valence-corrected chi connectivity index (χ2v) is 13.0. The van der Waals surface area contributed by atoms with Crippen LogP contribution in [0.1, 0.15) is 55.4 Å². The number of alkyl halides is 3. The van der Waals surface area contributed by atoms with Crippen LogP contribution in [0, 0.1) is 0 Å². The fourth-order valence-electron chi connectivity index (χ4n) is 4.34. The predicted molar refractivity (Wildman–Crippen MR) is 132 cm³/mol. The maximum atomic E-state index is 13.9. The molecule has 0 saturated heterocycles. The number of hydrogen-bond acceptors (Lipinski definition) is 8. The summed E-state index contributed by atoms with van der Waals surface area (Å²) in [5, 5.41) is 3.13. The SMILES string of the molecule is CC1NCCc2c(C(=O)OC(C)(C)C)n(S(=O)(=O)c3ccccc3)c3ccc(OS(=O)(=O)C(F)(F)F)c1c23. The van der Waals surface area contributed by atoms with Gasteiger partial charge in [0.15, 0.2) is 0 Å². The van der Waals surface area contributed by atoms with Crippen LogP contribution in [0.5, 0.6) is 5.75 Å². The molecule has 38 heavy (non-hydrogen) atoms. The number of hydrogen-bond donors (Lipinski definition) is 1. The van der Waals surface area contributed by atoms with Gasteiger partial charge < -0.3 is 14.2 Å². The molecule has 2 heterocycles. The van der Waals surface area contributed by atoms with Gasteiger partial charge >= 0.3 is 21.6 Å². The number of rotatable bonds is 5. The van der Waals surface area contributed by atoms with E-state index in [9.17, 15) is 34.8 Å². The Morgan fingerprint density at radius 3 is 2.24 bits per heavy atom. The van der Waals surface area contributed by atoms with E-state index in [1.54, 1.807) is 33.8 Å². The van der Waals surface area contributed by atoms with Gasteiger partial charge in [-0.3, -0.25) is 0 Å². The van der Waals surface area contributed by atoms with Crippen molar-refractivity contribution >= 4 is 37.0 Å². The van der Waals surface area contributed by atoms with E-state index in [0.717, 1.165) is 16.1 Å². The Morgan fingerprint density at radius 2 is 1.66 bits per heavy atom. The van der Waals surface area contributed by atoms with E-state index in [-0.39, 0.29) is 45.6 Å². The van der Waals surface area contributed by atoms with Crippen molar-refractivity contribution in [2.24, 2.45) is 0 Å². The lowest BCUT2D eigenvalue weighted by atomic mass is 9.99. The first kappa shape index (κ1) is 27.9. The van der Waals surface area contributed by atoms with Gasteiger partial charge in [-0.25, -0.2) is 17.2 Å². The number of nitrogens with one attached hydrogen (secondary N) is 1. The summed E-state index contributed by atoms with van der Waals surface area (Å²) < 4.78 is 102. The van der Waals surface area contributed by atoms with Crippen molar-refractivity contribution in [3.8, 4) is 5.75 Å². The van der Waals surface area contributed by atoms with Gasteiger partial charge in [-0.2, -0.15) is 21.6 Å². The van der Waals surface area contributed by atoms with Crippen LogP contribution in [0.4, 0.5) is 13.2 Å². The molecule has 0 spiro atoms. The molecule has 0 amide bonds. The van der Waals surface area contributed by atoms with Gasteiger partial charge in [0.1, 0.15) is 17.0 Å². The summed E-state index contributed by atoms with van der Waals surface area (Å²) >= 11 is 0. The average molecular weight is 575 g/mol. The fraction of sp³-hybridized carbons (Fsp3) is 0.375. The van der Waals surface area contributed by atoms with Crippen LogP contribution >= 0.6 is 0 Å². The van der Waals surface area contributed by atoms with Gasteiger partial charge in [0, 0.05) is 17.0 Å². The fourth-order valence-corrected chi connectivity index (χ4v) is 6.37. The molecular weight excluding hydrogens is 549 g/mol. The Hall–Kier alpha value is -3.10. The first-order valence-corrected chi connectivity index (χ1v) is 14.3. The number of ether oxygens (including phenoxy) is 1. The van der Waals surface area contributed by atoms with Gasteiger partial charge in [-0.1, -0.05) is 18.2 Å². The molecule has 4 rings (SSSR count). The zero-order valence-corrected chi connectivity index (χ0v) is 22.4. The van der Waals surface area contributed by atoms with Crippen molar-refractivity contribution in [1.82, 2.24) is 9.29 Å². The van der Waals surface area contributed by atoms with Gasteiger partial charge in [0.2, 0.25) is 0 Å². The molecule has 0 fully saturated rings. The molecule has 1 aliphatic rings. The normalized spacial score (nSPS) is 16.8. The largest absolute Gasteiger partial charge is 0.534 e. The molecule has 206 valence electrons. The Bertz CT molecular complexity index is 1620. The Labute approximate surface area is 217 Å². The van der Waals surface area contributed by atoms with Crippen LogP contribution in [-0.4, -0.2) is 44.4 Å². The third-order valence-corrected chi connectivity index (χ3v) is 8.50. The average Bonchev–Trinajstić information content (AvgIpc) is 3.02. The topological polar surface area (TPSA) is 121 Å². The molecule has 3 aromatic rings. The third kappa shape index (κ3) is 4.87. The van der Waals surface area contributed by atoms with Crippen LogP contribution in [0.3, 0.4) is 0 Å². The molecule has 1 N–H and O–H groups in total. The Kier molecular flexibility index (Phi) is 6.81.